The van der Waals surface area contributed by atoms with Crippen LogP contribution in [0.25, 0.3) is 10.8 Å². The Morgan fingerprint density at radius 2 is 1.92 bits per heavy atom. The normalized spacial score (nSPS) is 11.9. The SMILES string of the molecule is CCCCOc1c(CCl)n(CC(C)(C)C)c(=O)c2ccc(C)cc12. The Hall–Kier alpha value is -1.48. The van der Waals surface area contributed by atoms with Gasteiger partial charge in [0.05, 0.1) is 23.6 Å². The third kappa shape index (κ3) is 4.13. The Morgan fingerprint density at radius 1 is 1.21 bits per heavy atom. The number of nitrogens with zero attached hydrogens (tertiary/aromatic N) is 1. The van der Waals surface area contributed by atoms with Gasteiger partial charge in [0.15, 0.2) is 0 Å². The largest absolute Gasteiger partial charge is 0.491 e. The van der Waals surface area contributed by atoms with Crippen LogP contribution in [0.3, 0.4) is 0 Å². The zero-order valence-electron chi connectivity index (χ0n) is 15.4. The van der Waals surface area contributed by atoms with E-state index in [1.807, 2.05) is 25.1 Å². The average molecular weight is 350 g/mol. The summed E-state index contributed by atoms with van der Waals surface area (Å²) in [6.45, 7) is 11.8. The molecule has 0 saturated carbocycles. The van der Waals surface area contributed by atoms with Gasteiger partial charge < -0.3 is 9.30 Å². The fourth-order valence-corrected chi connectivity index (χ4v) is 3.10. The summed E-state index contributed by atoms with van der Waals surface area (Å²) in [6, 6.07) is 5.90. The minimum absolute atomic E-state index is 0.0124. The third-order valence-electron chi connectivity index (χ3n) is 3.99. The van der Waals surface area contributed by atoms with Crippen molar-refractivity contribution in [3.8, 4) is 5.75 Å². The number of fused-ring (bicyclic) bond motifs is 1. The van der Waals surface area contributed by atoms with Crippen LogP contribution in [0.4, 0.5) is 0 Å². The number of rotatable bonds is 6. The number of aryl methyl sites for hydroxylation is 1. The van der Waals surface area contributed by atoms with E-state index in [-0.39, 0.29) is 16.9 Å². The van der Waals surface area contributed by atoms with Crippen molar-refractivity contribution in [2.75, 3.05) is 6.61 Å². The Bertz CT molecular complexity index is 772. The van der Waals surface area contributed by atoms with Crippen LogP contribution in [0.15, 0.2) is 23.0 Å². The molecule has 0 spiro atoms. The molecule has 0 atom stereocenters. The van der Waals surface area contributed by atoms with Gasteiger partial charge in [0.2, 0.25) is 0 Å². The van der Waals surface area contributed by atoms with Crippen LogP contribution < -0.4 is 10.3 Å². The molecule has 2 aromatic rings. The van der Waals surface area contributed by atoms with Gasteiger partial charge >= 0.3 is 0 Å². The van der Waals surface area contributed by atoms with Crippen LogP contribution in [0.5, 0.6) is 5.75 Å². The lowest BCUT2D eigenvalue weighted by Crippen LogP contribution is -2.30. The number of aromatic nitrogens is 1. The number of benzene rings is 1. The Morgan fingerprint density at radius 3 is 2.50 bits per heavy atom. The summed E-state index contributed by atoms with van der Waals surface area (Å²) in [7, 11) is 0. The second-order valence-corrected chi connectivity index (χ2v) is 7.88. The molecule has 0 saturated heterocycles. The van der Waals surface area contributed by atoms with E-state index in [9.17, 15) is 4.79 Å². The van der Waals surface area contributed by atoms with E-state index < -0.39 is 0 Å². The van der Waals surface area contributed by atoms with Gasteiger partial charge in [-0.15, -0.1) is 11.6 Å². The summed E-state index contributed by atoms with van der Waals surface area (Å²) in [5.74, 6) is 1.03. The zero-order valence-corrected chi connectivity index (χ0v) is 16.2. The number of pyridine rings is 1. The lowest BCUT2D eigenvalue weighted by Gasteiger charge is -2.25. The minimum atomic E-state index is -0.0241. The van der Waals surface area contributed by atoms with Gasteiger partial charge in [0.1, 0.15) is 5.75 Å². The van der Waals surface area contributed by atoms with Crippen molar-refractivity contribution < 1.29 is 4.74 Å². The molecule has 1 heterocycles. The van der Waals surface area contributed by atoms with Crippen molar-refractivity contribution >= 4 is 22.4 Å². The first-order chi connectivity index (χ1) is 11.3. The fourth-order valence-electron chi connectivity index (χ4n) is 2.83. The topological polar surface area (TPSA) is 31.2 Å². The van der Waals surface area contributed by atoms with Gasteiger partial charge in [-0.25, -0.2) is 0 Å². The molecule has 1 aromatic heterocycles. The van der Waals surface area contributed by atoms with Gasteiger partial charge in [-0.2, -0.15) is 0 Å². The summed E-state index contributed by atoms with van der Waals surface area (Å²) >= 11 is 6.25. The molecule has 0 aliphatic carbocycles. The van der Waals surface area contributed by atoms with Gasteiger partial charge in [-0.05, 0) is 30.9 Å². The van der Waals surface area contributed by atoms with Gasteiger partial charge in [0, 0.05) is 11.9 Å². The molecular weight excluding hydrogens is 322 g/mol. The van der Waals surface area contributed by atoms with Crippen molar-refractivity contribution in [3.63, 3.8) is 0 Å². The van der Waals surface area contributed by atoms with E-state index in [0.717, 1.165) is 35.2 Å². The molecule has 4 heteroatoms. The molecule has 1 aromatic carbocycles. The van der Waals surface area contributed by atoms with Crippen LogP contribution in [-0.4, -0.2) is 11.2 Å². The van der Waals surface area contributed by atoms with E-state index >= 15 is 0 Å². The first-order valence-electron chi connectivity index (χ1n) is 8.63. The van der Waals surface area contributed by atoms with Crippen LogP contribution in [0.2, 0.25) is 0 Å². The first-order valence-corrected chi connectivity index (χ1v) is 9.16. The standard InChI is InChI=1S/C20H28ClNO2/c1-6-7-10-24-18-16-11-14(2)8-9-15(16)19(23)22(17(18)12-21)13-20(3,4)5/h8-9,11H,6-7,10,12-13H2,1-5H3. The lowest BCUT2D eigenvalue weighted by atomic mass is 9.96. The molecule has 0 N–H and O–H groups in total. The van der Waals surface area contributed by atoms with E-state index in [1.54, 1.807) is 4.57 Å². The van der Waals surface area contributed by atoms with Crippen molar-refractivity contribution in [1.82, 2.24) is 4.57 Å². The molecule has 3 nitrogen and oxygen atoms in total. The van der Waals surface area contributed by atoms with Crippen molar-refractivity contribution in [3.05, 3.63) is 39.8 Å². The zero-order chi connectivity index (χ0) is 17.9. The molecule has 24 heavy (non-hydrogen) atoms. The van der Waals surface area contributed by atoms with E-state index in [1.165, 1.54) is 0 Å². The molecule has 2 rings (SSSR count). The number of unbranched alkanes of at least 4 members (excludes halogenated alkanes) is 1. The summed E-state index contributed by atoms with van der Waals surface area (Å²) in [5, 5.41) is 1.57. The second kappa shape index (κ2) is 7.60. The summed E-state index contributed by atoms with van der Waals surface area (Å²) in [5.41, 5.74) is 1.88. The first kappa shape index (κ1) is 18.9. The van der Waals surface area contributed by atoms with Gasteiger partial charge in [-0.1, -0.05) is 45.7 Å². The van der Waals surface area contributed by atoms with Crippen LogP contribution in [-0.2, 0) is 12.4 Å². The molecule has 0 fully saturated rings. The third-order valence-corrected chi connectivity index (χ3v) is 4.24. The van der Waals surface area contributed by atoms with Crippen LogP contribution in [0.1, 0.15) is 51.8 Å². The molecule has 0 aliphatic rings. The van der Waals surface area contributed by atoms with E-state index in [0.29, 0.717) is 18.5 Å². The fraction of sp³-hybridized carbons (Fsp3) is 0.550. The maximum Gasteiger partial charge on any atom is 0.258 e. The lowest BCUT2D eigenvalue weighted by molar-refractivity contribution is 0.297. The van der Waals surface area contributed by atoms with Crippen LogP contribution >= 0.6 is 11.6 Å². The van der Waals surface area contributed by atoms with Crippen molar-refractivity contribution in [2.24, 2.45) is 5.41 Å². The molecule has 0 bridgehead atoms. The predicted octanol–water partition coefficient (Wildman–Crippen LogP) is 5.27. The Kier molecular flexibility index (Phi) is 5.97. The van der Waals surface area contributed by atoms with Gasteiger partial charge in [0.25, 0.3) is 5.56 Å². The molecule has 0 amide bonds. The number of alkyl halides is 1. The molecule has 132 valence electrons. The summed E-state index contributed by atoms with van der Waals surface area (Å²) < 4.78 is 7.90. The van der Waals surface area contributed by atoms with Gasteiger partial charge in [-0.3, -0.25) is 4.79 Å². The highest BCUT2D eigenvalue weighted by atomic mass is 35.5. The maximum atomic E-state index is 13.0. The second-order valence-electron chi connectivity index (χ2n) is 7.61. The van der Waals surface area contributed by atoms with Crippen LogP contribution in [0, 0.1) is 12.3 Å². The van der Waals surface area contributed by atoms with Crippen molar-refractivity contribution in [1.29, 1.82) is 0 Å². The monoisotopic (exact) mass is 349 g/mol. The predicted molar refractivity (Wildman–Crippen MR) is 102 cm³/mol. The smallest absolute Gasteiger partial charge is 0.258 e. The highest BCUT2D eigenvalue weighted by Crippen LogP contribution is 2.31. The number of hydrogen-bond donors (Lipinski definition) is 0. The summed E-state index contributed by atoms with van der Waals surface area (Å²) in [6.07, 6.45) is 2.04. The molecule has 0 aliphatic heterocycles. The minimum Gasteiger partial charge on any atom is -0.491 e. The van der Waals surface area contributed by atoms with Crippen molar-refractivity contribution in [2.45, 2.75) is 59.9 Å². The number of halogens is 1. The van der Waals surface area contributed by atoms with E-state index in [4.69, 9.17) is 16.3 Å². The molecule has 0 unspecified atom stereocenters. The average Bonchev–Trinajstić information content (AvgIpc) is 2.50. The van der Waals surface area contributed by atoms with E-state index in [2.05, 4.69) is 27.7 Å². The number of ether oxygens (including phenoxy) is 1. The number of hydrogen-bond acceptors (Lipinski definition) is 2. The highest BCUT2D eigenvalue weighted by molar-refractivity contribution is 6.17. The molecular formula is C20H28ClNO2. The highest BCUT2D eigenvalue weighted by Gasteiger charge is 2.21. The Balaban J connectivity index is 2.74. The summed E-state index contributed by atoms with van der Waals surface area (Å²) in [4.78, 5) is 13.0. The maximum absolute atomic E-state index is 13.0. The quantitative estimate of drug-likeness (QED) is 0.525. The Labute approximate surface area is 149 Å². The molecule has 0 radical (unpaired) electrons.